The Morgan fingerprint density at radius 2 is 2.08 bits per heavy atom. The van der Waals surface area contributed by atoms with E-state index in [2.05, 4.69) is 32.0 Å². The molecule has 0 saturated heterocycles. The average molecular weight is 165 g/mol. The highest BCUT2D eigenvalue weighted by atomic mass is 15.1. The van der Waals surface area contributed by atoms with Crippen LogP contribution in [0.2, 0.25) is 0 Å². The molecular weight excluding hydrogens is 146 g/mol. The van der Waals surface area contributed by atoms with Crippen molar-refractivity contribution in [1.82, 2.24) is 4.90 Å². The van der Waals surface area contributed by atoms with Gasteiger partial charge < -0.3 is 4.90 Å². The Balaban J connectivity index is 3.80. The fraction of sp³-hybridized carbons (Fsp3) is 0.455. The lowest BCUT2D eigenvalue weighted by Crippen LogP contribution is -2.18. The fourth-order valence-electron chi connectivity index (χ4n) is 0.883. The topological polar surface area (TPSA) is 3.24 Å². The first-order chi connectivity index (χ1) is 5.74. The number of hydrogen-bond acceptors (Lipinski definition) is 1. The fourth-order valence-corrected chi connectivity index (χ4v) is 0.883. The first-order valence-electron chi connectivity index (χ1n) is 4.37. The number of rotatable bonds is 6. The quantitative estimate of drug-likeness (QED) is 0.547. The molecule has 0 N–H and O–H groups in total. The van der Waals surface area contributed by atoms with Gasteiger partial charge in [-0.3, -0.25) is 0 Å². The molecule has 0 spiro atoms. The SMILES string of the molecule is C=C/C=C(\C=C)CCN(C)CC. The predicted octanol–water partition coefficient (Wildman–Crippen LogP) is 2.63. The summed E-state index contributed by atoms with van der Waals surface area (Å²) in [6.45, 7) is 11.7. The van der Waals surface area contributed by atoms with Gasteiger partial charge in [-0.1, -0.05) is 38.3 Å². The van der Waals surface area contributed by atoms with Crippen LogP contribution in [0.5, 0.6) is 0 Å². The van der Waals surface area contributed by atoms with Crippen molar-refractivity contribution in [2.45, 2.75) is 13.3 Å². The van der Waals surface area contributed by atoms with Gasteiger partial charge in [0.25, 0.3) is 0 Å². The normalized spacial score (nSPS) is 11.8. The monoisotopic (exact) mass is 165 g/mol. The molecule has 0 atom stereocenters. The largest absolute Gasteiger partial charge is 0.306 e. The van der Waals surface area contributed by atoms with Crippen molar-refractivity contribution in [3.63, 3.8) is 0 Å². The maximum absolute atomic E-state index is 3.75. The first kappa shape index (κ1) is 11.2. The zero-order valence-corrected chi connectivity index (χ0v) is 8.21. The molecule has 0 saturated carbocycles. The van der Waals surface area contributed by atoms with Crippen LogP contribution in [-0.2, 0) is 0 Å². The van der Waals surface area contributed by atoms with Gasteiger partial charge in [0.1, 0.15) is 0 Å². The summed E-state index contributed by atoms with van der Waals surface area (Å²) in [5.41, 5.74) is 1.25. The highest BCUT2D eigenvalue weighted by Gasteiger charge is 1.95. The smallest absolute Gasteiger partial charge is 0.00186 e. The maximum Gasteiger partial charge on any atom is 0.00186 e. The minimum Gasteiger partial charge on any atom is -0.306 e. The second kappa shape index (κ2) is 6.86. The molecule has 1 nitrogen and oxygen atoms in total. The van der Waals surface area contributed by atoms with Crippen molar-refractivity contribution < 1.29 is 0 Å². The van der Waals surface area contributed by atoms with Crippen LogP contribution in [0.25, 0.3) is 0 Å². The van der Waals surface area contributed by atoms with E-state index in [4.69, 9.17) is 0 Å². The van der Waals surface area contributed by atoms with Crippen LogP contribution >= 0.6 is 0 Å². The molecule has 0 radical (unpaired) electrons. The number of nitrogens with zero attached hydrogens (tertiary/aromatic N) is 1. The van der Waals surface area contributed by atoms with Crippen LogP contribution in [0.4, 0.5) is 0 Å². The van der Waals surface area contributed by atoms with Gasteiger partial charge in [0, 0.05) is 6.54 Å². The molecule has 0 unspecified atom stereocenters. The van der Waals surface area contributed by atoms with Gasteiger partial charge in [0.2, 0.25) is 0 Å². The molecule has 1 heteroatoms. The summed E-state index contributed by atoms with van der Waals surface area (Å²) < 4.78 is 0. The van der Waals surface area contributed by atoms with Crippen LogP contribution < -0.4 is 0 Å². The number of hydrogen-bond donors (Lipinski definition) is 0. The van der Waals surface area contributed by atoms with Gasteiger partial charge in [0.15, 0.2) is 0 Å². The Labute approximate surface area is 76.1 Å². The molecule has 0 amide bonds. The molecular formula is C11H19N. The Kier molecular flexibility index (Phi) is 6.39. The summed E-state index contributed by atoms with van der Waals surface area (Å²) in [5, 5.41) is 0. The molecule has 68 valence electrons. The van der Waals surface area contributed by atoms with E-state index in [9.17, 15) is 0 Å². The van der Waals surface area contributed by atoms with Crippen molar-refractivity contribution in [3.05, 3.63) is 37.0 Å². The maximum atomic E-state index is 3.75. The summed E-state index contributed by atoms with van der Waals surface area (Å²) >= 11 is 0. The van der Waals surface area contributed by atoms with Crippen molar-refractivity contribution >= 4 is 0 Å². The van der Waals surface area contributed by atoms with Gasteiger partial charge in [-0.05, 0) is 25.6 Å². The second-order valence-corrected chi connectivity index (χ2v) is 2.83. The molecule has 0 rings (SSSR count). The van der Waals surface area contributed by atoms with Gasteiger partial charge >= 0.3 is 0 Å². The van der Waals surface area contributed by atoms with Gasteiger partial charge in [0.05, 0.1) is 0 Å². The Bertz CT molecular complexity index is 168. The second-order valence-electron chi connectivity index (χ2n) is 2.83. The molecule has 0 aliphatic rings. The highest BCUT2D eigenvalue weighted by molar-refractivity contribution is 5.20. The first-order valence-corrected chi connectivity index (χ1v) is 4.37. The van der Waals surface area contributed by atoms with Crippen molar-refractivity contribution in [1.29, 1.82) is 0 Å². The van der Waals surface area contributed by atoms with Crippen LogP contribution in [0.3, 0.4) is 0 Å². The summed E-state index contributed by atoms with van der Waals surface area (Å²) in [6, 6.07) is 0. The lowest BCUT2D eigenvalue weighted by atomic mass is 10.1. The van der Waals surface area contributed by atoms with E-state index in [1.807, 2.05) is 18.2 Å². The average Bonchev–Trinajstić information content (AvgIpc) is 2.11. The minimum absolute atomic E-state index is 1.06. The molecule has 0 fully saturated rings. The van der Waals surface area contributed by atoms with Crippen molar-refractivity contribution in [3.8, 4) is 0 Å². The highest BCUT2D eigenvalue weighted by Crippen LogP contribution is 2.03. The lowest BCUT2D eigenvalue weighted by molar-refractivity contribution is 0.358. The van der Waals surface area contributed by atoms with E-state index in [0.717, 1.165) is 19.5 Å². The summed E-state index contributed by atoms with van der Waals surface area (Å²) in [4.78, 5) is 2.28. The van der Waals surface area contributed by atoms with Crippen molar-refractivity contribution in [2.24, 2.45) is 0 Å². The summed E-state index contributed by atoms with van der Waals surface area (Å²) in [5.74, 6) is 0. The standard InChI is InChI=1S/C11H19N/c1-5-8-11(6-2)9-10-12(4)7-3/h5-6,8H,1-2,7,9-10H2,3-4H3/b11-8+. The third kappa shape index (κ3) is 4.91. The molecule has 0 bridgehead atoms. The summed E-state index contributed by atoms with van der Waals surface area (Å²) in [7, 11) is 2.12. The van der Waals surface area contributed by atoms with Crippen molar-refractivity contribution in [2.75, 3.05) is 20.1 Å². The van der Waals surface area contributed by atoms with Crippen LogP contribution in [-0.4, -0.2) is 25.0 Å². The zero-order valence-electron chi connectivity index (χ0n) is 8.21. The zero-order chi connectivity index (χ0) is 9.40. The third-order valence-corrected chi connectivity index (χ3v) is 1.92. The van der Waals surface area contributed by atoms with Gasteiger partial charge in [-0.15, -0.1) is 0 Å². The van der Waals surface area contributed by atoms with Crippen LogP contribution in [0.1, 0.15) is 13.3 Å². The molecule has 12 heavy (non-hydrogen) atoms. The Morgan fingerprint density at radius 1 is 1.42 bits per heavy atom. The van der Waals surface area contributed by atoms with E-state index >= 15 is 0 Å². The van der Waals surface area contributed by atoms with E-state index < -0.39 is 0 Å². The molecule has 0 aliphatic carbocycles. The van der Waals surface area contributed by atoms with Crippen LogP contribution in [0.15, 0.2) is 37.0 Å². The minimum atomic E-state index is 1.06. The molecule has 0 aromatic carbocycles. The Morgan fingerprint density at radius 3 is 2.50 bits per heavy atom. The summed E-state index contributed by atoms with van der Waals surface area (Å²) in [6.07, 6.45) is 6.77. The van der Waals surface area contributed by atoms with E-state index in [-0.39, 0.29) is 0 Å². The molecule has 0 aromatic heterocycles. The molecule has 0 heterocycles. The Hall–Kier alpha value is -0.820. The van der Waals surface area contributed by atoms with E-state index in [1.165, 1.54) is 5.57 Å². The van der Waals surface area contributed by atoms with Gasteiger partial charge in [-0.25, -0.2) is 0 Å². The number of allylic oxidation sites excluding steroid dienone is 3. The van der Waals surface area contributed by atoms with Gasteiger partial charge in [-0.2, -0.15) is 0 Å². The van der Waals surface area contributed by atoms with Crippen LogP contribution in [0, 0.1) is 0 Å². The predicted molar refractivity (Wildman–Crippen MR) is 56.3 cm³/mol. The molecule has 0 aliphatic heterocycles. The lowest BCUT2D eigenvalue weighted by Gasteiger charge is -2.13. The van der Waals surface area contributed by atoms with E-state index in [1.54, 1.807) is 0 Å². The van der Waals surface area contributed by atoms with E-state index in [0.29, 0.717) is 0 Å². The third-order valence-electron chi connectivity index (χ3n) is 1.92. The molecule has 0 aromatic rings.